The number of amides is 2. The topological polar surface area (TPSA) is 66.9 Å². The van der Waals surface area contributed by atoms with Gasteiger partial charge in [0.2, 0.25) is 0 Å². The van der Waals surface area contributed by atoms with Gasteiger partial charge in [-0.25, -0.2) is 0 Å². The second-order valence-electron chi connectivity index (χ2n) is 5.95. The lowest BCUT2D eigenvalue weighted by Gasteiger charge is -2.30. The Balaban J connectivity index is 1.53. The summed E-state index contributed by atoms with van der Waals surface area (Å²) in [6.45, 7) is 3.20. The van der Waals surface area contributed by atoms with E-state index in [-0.39, 0.29) is 17.7 Å². The number of hydrogen-bond acceptors (Lipinski definition) is 5. The van der Waals surface area contributed by atoms with Gasteiger partial charge in [-0.3, -0.25) is 14.4 Å². The SMILES string of the molecule is C[C@@H](OC(=O)CN1CCSC1=O)C(=O)N1CCc2ccccc2C1. The first-order chi connectivity index (χ1) is 11.5. The van der Waals surface area contributed by atoms with Crippen LogP contribution in [0.15, 0.2) is 24.3 Å². The van der Waals surface area contributed by atoms with Crippen LogP contribution in [-0.4, -0.2) is 58.4 Å². The smallest absolute Gasteiger partial charge is 0.326 e. The van der Waals surface area contributed by atoms with Gasteiger partial charge >= 0.3 is 5.97 Å². The lowest BCUT2D eigenvalue weighted by molar-refractivity contribution is -0.159. The third kappa shape index (κ3) is 3.72. The summed E-state index contributed by atoms with van der Waals surface area (Å²) in [5, 5.41) is -0.112. The Hall–Kier alpha value is -2.02. The van der Waals surface area contributed by atoms with E-state index in [1.165, 1.54) is 22.2 Å². The molecule has 2 heterocycles. The molecule has 128 valence electrons. The van der Waals surface area contributed by atoms with Crippen LogP contribution in [0.5, 0.6) is 0 Å². The molecule has 0 spiro atoms. The van der Waals surface area contributed by atoms with Crippen molar-refractivity contribution < 1.29 is 19.1 Å². The van der Waals surface area contributed by atoms with Crippen molar-refractivity contribution in [2.24, 2.45) is 0 Å². The van der Waals surface area contributed by atoms with E-state index in [0.29, 0.717) is 25.4 Å². The molecule has 1 aromatic carbocycles. The van der Waals surface area contributed by atoms with Crippen LogP contribution in [0.25, 0.3) is 0 Å². The molecule has 2 aliphatic heterocycles. The van der Waals surface area contributed by atoms with Crippen molar-refractivity contribution in [2.45, 2.75) is 26.0 Å². The highest BCUT2D eigenvalue weighted by Crippen LogP contribution is 2.20. The highest BCUT2D eigenvalue weighted by molar-refractivity contribution is 8.13. The second kappa shape index (κ2) is 7.25. The van der Waals surface area contributed by atoms with Crippen molar-refractivity contribution in [1.82, 2.24) is 9.80 Å². The lowest BCUT2D eigenvalue weighted by Crippen LogP contribution is -2.43. The number of esters is 1. The second-order valence-corrected chi connectivity index (χ2v) is 6.99. The average molecular weight is 348 g/mol. The van der Waals surface area contributed by atoms with Gasteiger partial charge in [-0.05, 0) is 24.5 Å². The summed E-state index contributed by atoms with van der Waals surface area (Å²) in [7, 11) is 0. The van der Waals surface area contributed by atoms with E-state index in [1.807, 2.05) is 18.2 Å². The van der Waals surface area contributed by atoms with Gasteiger partial charge in [-0.1, -0.05) is 36.0 Å². The van der Waals surface area contributed by atoms with Crippen molar-refractivity contribution in [3.63, 3.8) is 0 Å². The third-order valence-corrected chi connectivity index (χ3v) is 5.16. The molecular formula is C17H20N2O4S. The van der Waals surface area contributed by atoms with Gasteiger partial charge in [0.15, 0.2) is 6.10 Å². The highest BCUT2D eigenvalue weighted by Gasteiger charge is 2.29. The molecule has 24 heavy (non-hydrogen) atoms. The van der Waals surface area contributed by atoms with Gasteiger partial charge in [0.25, 0.3) is 11.1 Å². The number of hydrogen-bond donors (Lipinski definition) is 0. The fraction of sp³-hybridized carbons (Fsp3) is 0.471. The molecule has 2 amide bonds. The van der Waals surface area contributed by atoms with Gasteiger partial charge in [0.05, 0.1) is 0 Å². The van der Waals surface area contributed by atoms with E-state index >= 15 is 0 Å². The Bertz CT molecular complexity index is 664. The van der Waals surface area contributed by atoms with E-state index in [4.69, 9.17) is 4.74 Å². The van der Waals surface area contributed by atoms with Crippen molar-refractivity contribution >= 4 is 28.9 Å². The van der Waals surface area contributed by atoms with Crippen LogP contribution >= 0.6 is 11.8 Å². The minimum absolute atomic E-state index is 0.0910. The molecule has 1 atom stereocenters. The normalized spacial score (nSPS) is 18.3. The predicted molar refractivity (Wildman–Crippen MR) is 90.5 cm³/mol. The summed E-state index contributed by atoms with van der Waals surface area (Å²) in [5.74, 6) is -0.0440. The number of fused-ring (bicyclic) bond motifs is 1. The molecule has 0 aromatic heterocycles. The van der Waals surface area contributed by atoms with Crippen LogP contribution in [0.4, 0.5) is 4.79 Å². The average Bonchev–Trinajstić information content (AvgIpc) is 2.98. The van der Waals surface area contributed by atoms with Gasteiger partial charge in [0, 0.05) is 25.4 Å². The zero-order valence-electron chi connectivity index (χ0n) is 13.6. The maximum Gasteiger partial charge on any atom is 0.326 e. The molecule has 0 aliphatic carbocycles. The number of thioether (sulfide) groups is 1. The van der Waals surface area contributed by atoms with Gasteiger partial charge in [-0.15, -0.1) is 0 Å². The number of carbonyl (C=O) groups is 3. The van der Waals surface area contributed by atoms with E-state index in [1.54, 1.807) is 11.8 Å². The fourth-order valence-corrected chi connectivity index (χ4v) is 3.78. The number of nitrogens with zero attached hydrogens (tertiary/aromatic N) is 2. The maximum absolute atomic E-state index is 12.5. The quantitative estimate of drug-likeness (QED) is 0.775. The molecular weight excluding hydrogens is 328 g/mol. The Kier molecular flexibility index (Phi) is 5.08. The summed E-state index contributed by atoms with van der Waals surface area (Å²) in [4.78, 5) is 39.1. The zero-order chi connectivity index (χ0) is 17.1. The molecule has 0 N–H and O–H groups in total. The predicted octanol–water partition coefficient (Wildman–Crippen LogP) is 1.67. The monoisotopic (exact) mass is 348 g/mol. The molecule has 0 unspecified atom stereocenters. The maximum atomic E-state index is 12.5. The van der Waals surface area contributed by atoms with Crippen molar-refractivity contribution in [3.8, 4) is 0 Å². The Labute approximate surface area is 145 Å². The molecule has 1 fully saturated rings. The summed E-state index contributed by atoms with van der Waals surface area (Å²) < 4.78 is 5.23. The summed E-state index contributed by atoms with van der Waals surface area (Å²) >= 11 is 1.19. The largest absolute Gasteiger partial charge is 0.451 e. The van der Waals surface area contributed by atoms with Crippen LogP contribution in [0.3, 0.4) is 0 Å². The van der Waals surface area contributed by atoms with Crippen molar-refractivity contribution in [1.29, 1.82) is 0 Å². The molecule has 7 heteroatoms. The van der Waals surface area contributed by atoms with E-state index in [2.05, 4.69) is 6.07 Å². The summed E-state index contributed by atoms with van der Waals surface area (Å²) in [6, 6.07) is 8.05. The van der Waals surface area contributed by atoms with E-state index in [9.17, 15) is 14.4 Å². The molecule has 0 radical (unpaired) electrons. The molecule has 3 rings (SSSR count). The minimum Gasteiger partial charge on any atom is -0.451 e. The van der Waals surface area contributed by atoms with Gasteiger partial charge in [-0.2, -0.15) is 0 Å². The Morgan fingerprint density at radius 3 is 2.71 bits per heavy atom. The Morgan fingerprint density at radius 1 is 1.25 bits per heavy atom. The highest BCUT2D eigenvalue weighted by atomic mass is 32.2. The number of ether oxygens (including phenoxy) is 1. The molecule has 6 nitrogen and oxygen atoms in total. The molecule has 0 bridgehead atoms. The van der Waals surface area contributed by atoms with Crippen LogP contribution in [0.1, 0.15) is 18.1 Å². The first-order valence-corrected chi connectivity index (χ1v) is 9.00. The molecule has 1 saturated heterocycles. The number of rotatable bonds is 4. The van der Waals surface area contributed by atoms with Crippen molar-refractivity contribution in [2.75, 3.05) is 25.4 Å². The summed E-state index contributed by atoms with van der Waals surface area (Å²) in [6.07, 6.45) is -0.0321. The van der Waals surface area contributed by atoms with Crippen molar-refractivity contribution in [3.05, 3.63) is 35.4 Å². The van der Waals surface area contributed by atoms with Crippen LogP contribution in [0.2, 0.25) is 0 Å². The summed E-state index contributed by atoms with van der Waals surface area (Å²) in [5.41, 5.74) is 2.39. The third-order valence-electron chi connectivity index (χ3n) is 4.26. The first kappa shape index (κ1) is 16.8. The number of benzene rings is 1. The Morgan fingerprint density at radius 2 is 2.00 bits per heavy atom. The van der Waals surface area contributed by atoms with Gasteiger partial charge < -0.3 is 14.5 Å². The lowest BCUT2D eigenvalue weighted by atomic mass is 9.99. The van der Waals surface area contributed by atoms with Crippen LogP contribution in [-0.2, 0) is 27.3 Å². The van der Waals surface area contributed by atoms with Crippen LogP contribution < -0.4 is 0 Å². The van der Waals surface area contributed by atoms with Crippen LogP contribution in [0, 0.1) is 0 Å². The molecule has 2 aliphatic rings. The minimum atomic E-state index is -0.840. The van der Waals surface area contributed by atoms with E-state index < -0.39 is 12.1 Å². The van der Waals surface area contributed by atoms with Gasteiger partial charge in [0.1, 0.15) is 6.54 Å². The zero-order valence-corrected chi connectivity index (χ0v) is 14.4. The standard InChI is InChI=1S/C17H20N2O4S/c1-12(23-15(20)11-19-8-9-24-17(19)22)16(21)18-7-6-13-4-2-3-5-14(13)10-18/h2-5,12H,6-11H2,1H3/t12-/m1/s1. The molecule has 0 saturated carbocycles. The number of carbonyl (C=O) groups excluding carboxylic acids is 3. The van der Waals surface area contributed by atoms with E-state index in [0.717, 1.165) is 12.0 Å². The first-order valence-electron chi connectivity index (χ1n) is 8.01. The molecule has 1 aromatic rings. The fourth-order valence-electron chi connectivity index (χ4n) is 2.95.